The van der Waals surface area contributed by atoms with Crippen LogP contribution < -0.4 is 19.6 Å². The SMILES string of the molecule is COc1ccc2c(=O)c(O)c(-c3ccc4c(c3)OC(F)(F)O4)oc2c1. The number of fused-ring (bicyclic) bond motifs is 2. The van der Waals surface area contributed by atoms with Crippen LogP contribution in [0.5, 0.6) is 23.0 Å². The fourth-order valence-corrected chi connectivity index (χ4v) is 2.58. The molecule has 2 heterocycles. The lowest BCUT2D eigenvalue weighted by atomic mass is 10.1. The average molecular weight is 348 g/mol. The number of ether oxygens (including phenoxy) is 3. The number of halogens is 2. The number of rotatable bonds is 2. The zero-order valence-corrected chi connectivity index (χ0v) is 12.7. The maximum atomic E-state index is 13.1. The minimum absolute atomic E-state index is 0.155. The van der Waals surface area contributed by atoms with Gasteiger partial charge in [-0.15, -0.1) is 8.78 Å². The molecule has 25 heavy (non-hydrogen) atoms. The van der Waals surface area contributed by atoms with E-state index in [1.54, 1.807) is 6.07 Å². The van der Waals surface area contributed by atoms with E-state index < -0.39 is 17.5 Å². The minimum atomic E-state index is -3.76. The summed E-state index contributed by atoms with van der Waals surface area (Å²) in [6.45, 7) is 0. The van der Waals surface area contributed by atoms with Gasteiger partial charge in [0.25, 0.3) is 0 Å². The van der Waals surface area contributed by atoms with Crippen molar-refractivity contribution >= 4 is 11.0 Å². The van der Waals surface area contributed by atoms with E-state index in [1.807, 2.05) is 0 Å². The van der Waals surface area contributed by atoms with Crippen molar-refractivity contribution in [3.8, 4) is 34.3 Å². The highest BCUT2D eigenvalue weighted by molar-refractivity contribution is 5.83. The summed E-state index contributed by atoms with van der Waals surface area (Å²) >= 11 is 0. The van der Waals surface area contributed by atoms with Crippen LogP contribution in [0.3, 0.4) is 0 Å². The summed E-state index contributed by atoms with van der Waals surface area (Å²) in [5, 5.41) is 10.3. The molecule has 6 nitrogen and oxygen atoms in total. The molecule has 1 aliphatic rings. The number of benzene rings is 2. The van der Waals surface area contributed by atoms with Gasteiger partial charge in [-0.25, -0.2) is 0 Å². The van der Waals surface area contributed by atoms with Crippen LogP contribution in [0, 0.1) is 0 Å². The van der Waals surface area contributed by atoms with Crippen molar-refractivity contribution in [2.24, 2.45) is 0 Å². The smallest absolute Gasteiger partial charge is 0.502 e. The first-order valence-corrected chi connectivity index (χ1v) is 7.12. The second kappa shape index (κ2) is 5.10. The first-order chi connectivity index (χ1) is 11.9. The number of hydrogen-bond acceptors (Lipinski definition) is 6. The van der Waals surface area contributed by atoms with Crippen molar-refractivity contribution in [3.05, 3.63) is 46.6 Å². The van der Waals surface area contributed by atoms with E-state index in [0.29, 0.717) is 5.75 Å². The summed E-state index contributed by atoms with van der Waals surface area (Å²) in [5.41, 5.74) is -0.290. The third kappa shape index (κ3) is 2.42. The molecule has 0 atom stereocenters. The van der Waals surface area contributed by atoms with Crippen LogP contribution in [0.2, 0.25) is 0 Å². The standard InChI is InChI=1S/C17H10F2O6/c1-22-9-3-4-10-12(7-9)23-16(15(21)14(10)20)8-2-5-11-13(6-8)25-17(18,19)24-11/h2-7,21H,1H3. The first-order valence-electron chi connectivity index (χ1n) is 7.12. The Morgan fingerprint density at radius 2 is 1.84 bits per heavy atom. The van der Waals surface area contributed by atoms with Crippen LogP contribution in [0.1, 0.15) is 0 Å². The largest absolute Gasteiger partial charge is 0.586 e. The molecule has 0 saturated heterocycles. The van der Waals surface area contributed by atoms with Crippen LogP contribution in [-0.4, -0.2) is 18.5 Å². The van der Waals surface area contributed by atoms with E-state index in [2.05, 4.69) is 9.47 Å². The number of alkyl halides is 2. The molecule has 0 amide bonds. The Hall–Kier alpha value is -3.29. The number of aromatic hydroxyl groups is 1. The average Bonchev–Trinajstić information content (AvgIpc) is 2.90. The Bertz CT molecular complexity index is 1060. The summed E-state index contributed by atoms with van der Waals surface area (Å²) in [6, 6.07) is 8.31. The first kappa shape index (κ1) is 15.3. The van der Waals surface area contributed by atoms with E-state index in [0.717, 1.165) is 0 Å². The number of methoxy groups -OCH3 is 1. The molecule has 1 aromatic heterocycles. The van der Waals surface area contributed by atoms with Crippen LogP contribution in [0.25, 0.3) is 22.3 Å². The van der Waals surface area contributed by atoms with Crippen molar-refractivity contribution in [3.63, 3.8) is 0 Å². The lowest BCUT2D eigenvalue weighted by Crippen LogP contribution is -2.25. The van der Waals surface area contributed by atoms with Gasteiger partial charge in [0.1, 0.15) is 11.3 Å². The fraction of sp³-hybridized carbons (Fsp3) is 0.118. The van der Waals surface area contributed by atoms with E-state index in [-0.39, 0.29) is 33.8 Å². The van der Waals surface area contributed by atoms with E-state index in [4.69, 9.17) is 9.15 Å². The summed E-state index contributed by atoms with van der Waals surface area (Å²) in [7, 11) is 1.46. The monoisotopic (exact) mass is 348 g/mol. The van der Waals surface area contributed by atoms with Gasteiger partial charge in [-0.05, 0) is 30.3 Å². The molecule has 0 saturated carbocycles. The highest BCUT2D eigenvalue weighted by Crippen LogP contribution is 2.44. The molecule has 0 fully saturated rings. The highest BCUT2D eigenvalue weighted by Gasteiger charge is 2.43. The lowest BCUT2D eigenvalue weighted by molar-refractivity contribution is -0.286. The lowest BCUT2D eigenvalue weighted by Gasteiger charge is -2.07. The Balaban J connectivity index is 1.90. The van der Waals surface area contributed by atoms with E-state index >= 15 is 0 Å². The van der Waals surface area contributed by atoms with Gasteiger partial charge in [0, 0.05) is 11.6 Å². The fourth-order valence-electron chi connectivity index (χ4n) is 2.58. The summed E-state index contributed by atoms with van der Waals surface area (Å²) in [4.78, 5) is 12.3. The molecule has 0 spiro atoms. The van der Waals surface area contributed by atoms with E-state index in [9.17, 15) is 18.7 Å². The maximum absolute atomic E-state index is 13.1. The highest BCUT2D eigenvalue weighted by atomic mass is 19.3. The number of hydrogen-bond donors (Lipinski definition) is 1. The van der Waals surface area contributed by atoms with Gasteiger partial charge in [0.15, 0.2) is 17.3 Å². The molecular weight excluding hydrogens is 338 g/mol. The third-order valence-electron chi connectivity index (χ3n) is 3.74. The molecule has 128 valence electrons. The van der Waals surface area contributed by atoms with Gasteiger partial charge < -0.3 is 23.7 Å². The second-order valence-corrected chi connectivity index (χ2v) is 5.30. The minimum Gasteiger partial charge on any atom is -0.502 e. The van der Waals surface area contributed by atoms with Crippen molar-refractivity contribution in [2.75, 3.05) is 7.11 Å². The van der Waals surface area contributed by atoms with Gasteiger partial charge >= 0.3 is 6.29 Å². The maximum Gasteiger partial charge on any atom is 0.586 e. The predicted octanol–water partition coefficient (Wildman–Crippen LogP) is 3.50. The van der Waals surface area contributed by atoms with Crippen molar-refractivity contribution in [2.45, 2.75) is 6.29 Å². The molecule has 1 aliphatic heterocycles. The third-order valence-corrected chi connectivity index (χ3v) is 3.74. The molecule has 0 radical (unpaired) electrons. The van der Waals surface area contributed by atoms with Crippen LogP contribution in [0.15, 0.2) is 45.6 Å². The van der Waals surface area contributed by atoms with Gasteiger partial charge in [-0.1, -0.05) is 0 Å². The van der Waals surface area contributed by atoms with Crippen LogP contribution in [-0.2, 0) is 0 Å². The second-order valence-electron chi connectivity index (χ2n) is 5.30. The molecule has 3 aromatic rings. The van der Waals surface area contributed by atoms with Gasteiger partial charge in [-0.2, -0.15) is 0 Å². The molecule has 0 aliphatic carbocycles. The Kier molecular flexibility index (Phi) is 3.11. The zero-order valence-electron chi connectivity index (χ0n) is 12.7. The molecule has 2 aromatic carbocycles. The molecular formula is C17H10F2O6. The normalized spacial score (nSPS) is 14.7. The zero-order chi connectivity index (χ0) is 17.8. The summed E-state index contributed by atoms with van der Waals surface area (Å²) < 4.78 is 45.6. The predicted molar refractivity (Wildman–Crippen MR) is 82.3 cm³/mol. The molecule has 8 heteroatoms. The molecule has 0 bridgehead atoms. The molecule has 4 rings (SSSR count). The quantitative estimate of drug-likeness (QED) is 0.764. The summed E-state index contributed by atoms with van der Waals surface area (Å²) in [5.74, 6) is -0.735. The van der Waals surface area contributed by atoms with Crippen LogP contribution >= 0.6 is 0 Å². The topological polar surface area (TPSA) is 78.1 Å². The van der Waals surface area contributed by atoms with E-state index in [1.165, 1.54) is 37.4 Å². The molecule has 1 N–H and O–H groups in total. The Morgan fingerprint density at radius 3 is 2.60 bits per heavy atom. The molecule has 0 unspecified atom stereocenters. The van der Waals surface area contributed by atoms with Crippen molar-refractivity contribution in [1.82, 2.24) is 0 Å². The van der Waals surface area contributed by atoms with Crippen molar-refractivity contribution in [1.29, 1.82) is 0 Å². The van der Waals surface area contributed by atoms with Gasteiger partial charge in [-0.3, -0.25) is 4.79 Å². The summed E-state index contributed by atoms with van der Waals surface area (Å²) in [6.07, 6.45) is -3.76. The van der Waals surface area contributed by atoms with Gasteiger partial charge in [0.2, 0.25) is 11.2 Å². The Labute approximate surface area is 138 Å². The van der Waals surface area contributed by atoms with Crippen LogP contribution in [0.4, 0.5) is 8.78 Å². The van der Waals surface area contributed by atoms with Gasteiger partial charge in [0.05, 0.1) is 12.5 Å². The Morgan fingerprint density at radius 1 is 1.08 bits per heavy atom. The van der Waals surface area contributed by atoms with Crippen molar-refractivity contribution < 1.29 is 32.5 Å².